The minimum Gasteiger partial charge on any atom is -0.468 e. The van der Waals surface area contributed by atoms with E-state index in [4.69, 9.17) is 4.42 Å². The van der Waals surface area contributed by atoms with Crippen LogP contribution in [0.1, 0.15) is 10.4 Å². The lowest BCUT2D eigenvalue weighted by Gasteiger charge is -2.07. The van der Waals surface area contributed by atoms with Gasteiger partial charge in [0.1, 0.15) is 6.54 Å². The van der Waals surface area contributed by atoms with Crippen LogP contribution in [0.15, 0.2) is 65.2 Å². The second kappa shape index (κ2) is 7.44. The van der Waals surface area contributed by atoms with Crippen LogP contribution in [0, 0.1) is 0 Å². The summed E-state index contributed by atoms with van der Waals surface area (Å²) in [6.45, 7) is -0.204. The van der Waals surface area contributed by atoms with E-state index in [0.717, 1.165) is 5.56 Å². The molecule has 1 heterocycles. The van der Waals surface area contributed by atoms with E-state index in [-0.39, 0.29) is 6.54 Å². The number of hydrogen-bond donors (Lipinski definition) is 1. The molecule has 1 N–H and O–H groups in total. The highest BCUT2D eigenvalue weighted by Crippen LogP contribution is 2.28. The standard InChI is InChI=1S/C19H16N2O4/c1-24-17(22)12-20-18(23)14-9-5-6-10-15(14)19-21-11-16(25-19)13-7-3-2-4-8-13/h2-11H,12H2,1H3,(H,20,23). The van der Waals surface area contributed by atoms with Crippen molar-refractivity contribution >= 4 is 11.9 Å². The van der Waals surface area contributed by atoms with Gasteiger partial charge < -0.3 is 14.5 Å². The molecule has 1 amide bonds. The Morgan fingerprint density at radius 3 is 2.56 bits per heavy atom. The number of hydrogen-bond acceptors (Lipinski definition) is 5. The second-order valence-corrected chi connectivity index (χ2v) is 5.20. The quantitative estimate of drug-likeness (QED) is 0.725. The number of nitrogens with one attached hydrogen (secondary N) is 1. The first-order valence-corrected chi connectivity index (χ1v) is 7.64. The van der Waals surface area contributed by atoms with Gasteiger partial charge in [-0.3, -0.25) is 9.59 Å². The molecule has 0 saturated carbocycles. The number of ether oxygens (including phenoxy) is 1. The maximum Gasteiger partial charge on any atom is 0.325 e. The highest BCUT2D eigenvalue weighted by molar-refractivity contribution is 6.01. The van der Waals surface area contributed by atoms with Gasteiger partial charge in [-0.2, -0.15) is 0 Å². The molecule has 25 heavy (non-hydrogen) atoms. The Kier molecular flexibility index (Phi) is 4.89. The highest BCUT2D eigenvalue weighted by Gasteiger charge is 2.17. The topological polar surface area (TPSA) is 81.4 Å². The number of esters is 1. The van der Waals surface area contributed by atoms with Crippen LogP contribution in [0.2, 0.25) is 0 Å². The molecule has 0 fully saturated rings. The second-order valence-electron chi connectivity index (χ2n) is 5.20. The van der Waals surface area contributed by atoms with Crippen LogP contribution >= 0.6 is 0 Å². The summed E-state index contributed by atoms with van der Waals surface area (Å²) in [6, 6.07) is 16.5. The highest BCUT2D eigenvalue weighted by atomic mass is 16.5. The van der Waals surface area contributed by atoms with E-state index in [9.17, 15) is 9.59 Å². The smallest absolute Gasteiger partial charge is 0.325 e. The van der Waals surface area contributed by atoms with Gasteiger partial charge in [-0.25, -0.2) is 4.98 Å². The van der Waals surface area contributed by atoms with Crippen LogP contribution in [0.3, 0.4) is 0 Å². The maximum absolute atomic E-state index is 12.3. The number of nitrogens with zero attached hydrogens (tertiary/aromatic N) is 1. The van der Waals surface area contributed by atoms with Crippen molar-refractivity contribution in [1.82, 2.24) is 10.3 Å². The van der Waals surface area contributed by atoms with Gasteiger partial charge in [0, 0.05) is 11.1 Å². The van der Waals surface area contributed by atoms with E-state index in [0.29, 0.717) is 22.8 Å². The summed E-state index contributed by atoms with van der Waals surface area (Å²) in [5.41, 5.74) is 1.81. The Bertz CT molecular complexity index is 887. The lowest BCUT2D eigenvalue weighted by atomic mass is 10.1. The summed E-state index contributed by atoms with van der Waals surface area (Å²) in [4.78, 5) is 27.8. The van der Waals surface area contributed by atoms with Crippen LogP contribution in [-0.2, 0) is 9.53 Å². The van der Waals surface area contributed by atoms with E-state index in [2.05, 4.69) is 15.0 Å². The van der Waals surface area contributed by atoms with Gasteiger partial charge in [-0.1, -0.05) is 42.5 Å². The molecule has 3 rings (SSSR count). The summed E-state index contributed by atoms with van der Waals surface area (Å²) in [7, 11) is 1.26. The Labute approximate surface area is 144 Å². The first-order valence-electron chi connectivity index (χ1n) is 7.64. The van der Waals surface area contributed by atoms with Gasteiger partial charge in [0.2, 0.25) is 5.89 Å². The average molecular weight is 336 g/mol. The third-order valence-corrected chi connectivity index (χ3v) is 3.59. The molecule has 6 nitrogen and oxygen atoms in total. The van der Waals surface area contributed by atoms with Crippen molar-refractivity contribution in [1.29, 1.82) is 0 Å². The number of methoxy groups -OCH3 is 1. The van der Waals surface area contributed by atoms with E-state index < -0.39 is 11.9 Å². The molecule has 2 aromatic carbocycles. The number of oxazole rings is 1. The zero-order chi connectivity index (χ0) is 17.6. The van der Waals surface area contributed by atoms with Gasteiger partial charge in [0.25, 0.3) is 5.91 Å². The Morgan fingerprint density at radius 1 is 1.08 bits per heavy atom. The summed E-state index contributed by atoms with van der Waals surface area (Å²) in [6.07, 6.45) is 1.62. The van der Waals surface area contributed by atoms with Crippen molar-refractivity contribution in [2.24, 2.45) is 0 Å². The van der Waals surface area contributed by atoms with Gasteiger partial charge in [-0.15, -0.1) is 0 Å². The minimum absolute atomic E-state index is 0.204. The minimum atomic E-state index is -0.520. The molecular weight excluding hydrogens is 320 g/mol. The van der Waals surface area contributed by atoms with Crippen molar-refractivity contribution in [3.05, 3.63) is 66.4 Å². The summed E-state index contributed by atoms with van der Waals surface area (Å²) in [5.74, 6) is 0.0248. The van der Waals surface area contributed by atoms with Crippen molar-refractivity contribution < 1.29 is 18.7 Å². The molecule has 0 saturated heterocycles. The number of carbonyl (C=O) groups is 2. The van der Waals surface area contributed by atoms with E-state index in [1.807, 2.05) is 30.3 Å². The normalized spacial score (nSPS) is 10.3. The van der Waals surface area contributed by atoms with Crippen LogP contribution in [0.25, 0.3) is 22.8 Å². The fourth-order valence-corrected chi connectivity index (χ4v) is 2.32. The fourth-order valence-electron chi connectivity index (χ4n) is 2.32. The van der Waals surface area contributed by atoms with Crippen molar-refractivity contribution in [3.63, 3.8) is 0 Å². The first kappa shape index (κ1) is 16.4. The maximum atomic E-state index is 12.3. The van der Waals surface area contributed by atoms with Crippen molar-refractivity contribution in [2.75, 3.05) is 13.7 Å². The van der Waals surface area contributed by atoms with Gasteiger partial charge in [0.05, 0.1) is 18.9 Å². The summed E-state index contributed by atoms with van der Waals surface area (Å²) < 4.78 is 10.3. The molecule has 0 aliphatic rings. The molecule has 0 aliphatic carbocycles. The lowest BCUT2D eigenvalue weighted by Crippen LogP contribution is -2.30. The molecule has 0 atom stereocenters. The average Bonchev–Trinajstić information content (AvgIpc) is 3.16. The number of carbonyl (C=O) groups excluding carboxylic acids is 2. The third kappa shape index (κ3) is 3.74. The van der Waals surface area contributed by atoms with Crippen LogP contribution in [-0.4, -0.2) is 30.5 Å². The number of rotatable bonds is 5. The lowest BCUT2D eigenvalue weighted by molar-refractivity contribution is -0.139. The Balaban J connectivity index is 1.87. The largest absolute Gasteiger partial charge is 0.468 e. The molecule has 1 aromatic heterocycles. The monoisotopic (exact) mass is 336 g/mol. The number of benzene rings is 2. The van der Waals surface area contributed by atoms with E-state index in [1.165, 1.54) is 7.11 Å². The predicted molar refractivity (Wildman–Crippen MR) is 91.7 cm³/mol. The molecule has 0 aliphatic heterocycles. The number of aromatic nitrogens is 1. The van der Waals surface area contributed by atoms with Crippen molar-refractivity contribution in [2.45, 2.75) is 0 Å². The fraction of sp³-hybridized carbons (Fsp3) is 0.105. The molecule has 0 radical (unpaired) electrons. The zero-order valence-electron chi connectivity index (χ0n) is 13.6. The molecule has 0 bridgehead atoms. The first-order chi connectivity index (χ1) is 12.2. The Hall–Kier alpha value is -3.41. The van der Waals surface area contributed by atoms with Crippen molar-refractivity contribution in [3.8, 4) is 22.8 Å². The van der Waals surface area contributed by atoms with Gasteiger partial charge >= 0.3 is 5.97 Å². The molecule has 6 heteroatoms. The van der Waals surface area contributed by atoms with E-state index in [1.54, 1.807) is 30.5 Å². The van der Waals surface area contributed by atoms with Gasteiger partial charge in [0.15, 0.2) is 5.76 Å². The zero-order valence-corrected chi connectivity index (χ0v) is 13.6. The summed E-state index contributed by atoms with van der Waals surface area (Å²) >= 11 is 0. The SMILES string of the molecule is COC(=O)CNC(=O)c1ccccc1-c1ncc(-c2ccccc2)o1. The summed E-state index contributed by atoms with van der Waals surface area (Å²) in [5, 5.41) is 2.52. The van der Waals surface area contributed by atoms with Crippen LogP contribution < -0.4 is 5.32 Å². The Morgan fingerprint density at radius 2 is 1.80 bits per heavy atom. The van der Waals surface area contributed by atoms with E-state index >= 15 is 0 Å². The molecule has 0 spiro atoms. The molecule has 0 unspecified atom stereocenters. The van der Waals surface area contributed by atoms with Crippen LogP contribution in [0.4, 0.5) is 0 Å². The number of amides is 1. The molecular formula is C19H16N2O4. The van der Waals surface area contributed by atoms with Gasteiger partial charge in [-0.05, 0) is 12.1 Å². The molecule has 126 valence electrons. The third-order valence-electron chi connectivity index (χ3n) is 3.59. The van der Waals surface area contributed by atoms with Crippen LogP contribution in [0.5, 0.6) is 0 Å². The predicted octanol–water partition coefficient (Wildman–Crippen LogP) is 2.91. The molecule has 3 aromatic rings.